The maximum absolute atomic E-state index is 12.2. The highest BCUT2D eigenvalue weighted by Crippen LogP contribution is 2.73. The number of hydrogen-bond acceptors (Lipinski definition) is 1. The minimum Gasteiger partial charge on any atom is -0.300 e. The first-order valence-electron chi connectivity index (χ1n) is 13.5. The van der Waals surface area contributed by atoms with E-state index in [0.717, 1.165) is 48.3 Å². The highest BCUT2D eigenvalue weighted by atomic mass is 16.1. The SMILES string of the molecule is CC(C)[C@H](C)CC[C@@H](C)[C@H]1CC[C@@]2(C)[C@@H]3CC[C@H]4CC(=O)CC[C@]4(C)[C@H]3CC[C@]12C. The van der Waals surface area contributed by atoms with Crippen LogP contribution in [-0.4, -0.2) is 5.78 Å². The van der Waals surface area contributed by atoms with E-state index < -0.39 is 0 Å². The Morgan fingerprint density at radius 2 is 1.53 bits per heavy atom. The molecule has 0 heterocycles. The first-order valence-corrected chi connectivity index (χ1v) is 13.5. The predicted octanol–water partition coefficient (Wildman–Crippen LogP) is 8.31. The molecule has 4 aliphatic rings. The van der Waals surface area contributed by atoms with Crippen molar-refractivity contribution in [1.82, 2.24) is 0 Å². The van der Waals surface area contributed by atoms with Crippen molar-refractivity contribution in [3.05, 3.63) is 0 Å². The van der Waals surface area contributed by atoms with Gasteiger partial charge in [-0.1, -0.05) is 61.3 Å². The second-order valence-corrected chi connectivity index (χ2v) is 13.5. The van der Waals surface area contributed by atoms with Crippen LogP contribution in [-0.2, 0) is 4.79 Å². The lowest BCUT2D eigenvalue weighted by Gasteiger charge is -2.64. The van der Waals surface area contributed by atoms with Crippen LogP contribution in [0.15, 0.2) is 0 Å². The Labute approximate surface area is 187 Å². The molecule has 0 aliphatic heterocycles. The van der Waals surface area contributed by atoms with Crippen molar-refractivity contribution in [3.63, 3.8) is 0 Å². The average molecular weight is 415 g/mol. The van der Waals surface area contributed by atoms with Crippen molar-refractivity contribution in [3.8, 4) is 0 Å². The summed E-state index contributed by atoms with van der Waals surface area (Å²) in [6.07, 6.45) is 14.3. The summed E-state index contributed by atoms with van der Waals surface area (Å²) in [5.41, 5.74) is 1.49. The monoisotopic (exact) mass is 414 g/mol. The fraction of sp³-hybridized carbons (Fsp3) is 0.966. The highest BCUT2D eigenvalue weighted by Gasteiger charge is 2.65. The van der Waals surface area contributed by atoms with E-state index in [9.17, 15) is 4.79 Å². The molecule has 0 aromatic rings. The molecule has 1 nitrogen and oxygen atoms in total. The summed E-state index contributed by atoms with van der Waals surface area (Å²) < 4.78 is 0. The number of rotatable bonds is 5. The molecule has 0 amide bonds. The molecule has 0 saturated heterocycles. The second kappa shape index (κ2) is 7.91. The van der Waals surface area contributed by atoms with Gasteiger partial charge in [0, 0.05) is 12.8 Å². The molecule has 0 radical (unpaired) electrons. The Kier molecular flexibility index (Phi) is 6.03. The van der Waals surface area contributed by atoms with Gasteiger partial charge in [-0.25, -0.2) is 0 Å². The highest BCUT2D eigenvalue weighted by molar-refractivity contribution is 5.79. The standard InChI is InChI=1S/C29H50O/c1-19(2)20(3)8-9-21(4)24-13-16-29(7)26-11-10-22-18-23(30)12-15-27(22,5)25(26)14-17-28(24,29)6/h19-22,24-26H,8-18H2,1-7H3/t20-,21-,22+,24-,25+,26-,27+,28-,29+/m1/s1. The van der Waals surface area contributed by atoms with Gasteiger partial charge >= 0.3 is 0 Å². The molecular formula is C29H50O. The van der Waals surface area contributed by atoms with Gasteiger partial charge in [0.25, 0.3) is 0 Å². The molecule has 4 aliphatic carbocycles. The molecule has 0 spiro atoms. The minimum absolute atomic E-state index is 0.442. The summed E-state index contributed by atoms with van der Waals surface area (Å²) in [7, 11) is 0. The molecule has 0 unspecified atom stereocenters. The third-order valence-corrected chi connectivity index (χ3v) is 12.3. The molecule has 4 saturated carbocycles. The topological polar surface area (TPSA) is 17.1 Å². The van der Waals surface area contributed by atoms with Gasteiger partial charge in [-0.2, -0.15) is 0 Å². The van der Waals surface area contributed by atoms with Gasteiger partial charge in [-0.15, -0.1) is 0 Å². The van der Waals surface area contributed by atoms with Crippen molar-refractivity contribution in [2.75, 3.05) is 0 Å². The van der Waals surface area contributed by atoms with E-state index in [1.165, 1.54) is 57.8 Å². The van der Waals surface area contributed by atoms with Crippen LogP contribution in [0.5, 0.6) is 0 Å². The largest absolute Gasteiger partial charge is 0.300 e. The summed E-state index contributed by atoms with van der Waals surface area (Å²) >= 11 is 0. The molecular weight excluding hydrogens is 364 g/mol. The van der Waals surface area contributed by atoms with E-state index in [1.54, 1.807) is 0 Å². The van der Waals surface area contributed by atoms with Crippen LogP contribution in [0.3, 0.4) is 0 Å². The maximum atomic E-state index is 12.2. The van der Waals surface area contributed by atoms with E-state index in [-0.39, 0.29) is 0 Å². The number of hydrogen-bond donors (Lipinski definition) is 0. The zero-order valence-electron chi connectivity index (χ0n) is 21.2. The van der Waals surface area contributed by atoms with Crippen LogP contribution in [0.1, 0.15) is 119 Å². The zero-order chi connectivity index (χ0) is 21.9. The Hall–Kier alpha value is -0.330. The van der Waals surface area contributed by atoms with Crippen molar-refractivity contribution < 1.29 is 4.79 Å². The van der Waals surface area contributed by atoms with Gasteiger partial charge in [0.1, 0.15) is 5.78 Å². The van der Waals surface area contributed by atoms with Crippen LogP contribution in [0.4, 0.5) is 0 Å². The molecule has 1 heteroatoms. The van der Waals surface area contributed by atoms with Crippen molar-refractivity contribution in [2.24, 2.45) is 57.7 Å². The van der Waals surface area contributed by atoms with Crippen molar-refractivity contribution >= 4 is 5.78 Å². The molecule has 172 valence electrons. The second-order valence-electron chi connectivity index (χ2n) is 13.5. The van der Waals surface area contributed by atoms with Crippen LogP contribution in [0, 0.1) is 57.7 Å². The summed E-state index contributed by atoms with van der Waals surface area (Å²) in [5.74, 6) is 6.46. The molecule has 30 heavy (non-hydrogen) atoms. The third-order valence-electron chi connectivity index (χ3n) is 12.3. The maximum Gasteiger partial charge on any atom is 0.133 e. The molecule has 9 atom stereocenters. The predicted molar refractivity (Wildman–Crippen MR) is 127 cm³/mol. The normalized spacial score (nSPS) is 48.1. The molecule has 4 fully saturated rings. The van der Waals surface area contributed by atoms with E-state index in [4.69, 9.17) is 0 Å². The Morgan fingerprint density at radius 3 is 2.23 bits per heavy atom. The summed E-state index contributed by atoms with van der Waals surface area (Å²) in [6.45, 7) is 17.8. The van der Waals surface area contributed by atoms with E-state index in [1.807, 2.05) is 0 Å². The summed E-state index contributed by atoms with van der Waals surface area (Å²) in [5, 5.41) is 0. The van der Waals surface area contributed by atoms with Gasteiger partial charge in [0.15, 0.2) is 0 Å². The number of fused-ring (bicyclic) bond motifs is 5. The number of ketones is 1. The van der Waals surface area contributed by atoms with Crippen LogP contribution < -0.4 is 0 Å². The minimum atomic E-state index is 0.442. The summed E-state index contributed by atoms with van der Waals surface area (Å²) in [4.78, 5) is 12.2. The van der Waals surface area contributed by atoms with Crippen LogP contribution in [0.25, 0.3) is 0 Å². The lowest BCUT2D eigenvalue weighted by Crippen LogP contribution is -2.57. The van der Waals surface area contributed by atoms with Crippen LogP contribution >= 0.6 is 0 Å². The Bertz CT molecular complexity index is 651. The average Bonchev–Trinajstić information content (AvgIpc) is 2.97. The molecule has 4 rings (SSSR count). The van der Waals surface area contributed by atoms with E-state index in [0.29, 0.717) is 27.9 Å². The first-order chi connectivity index (χ1) is 14.0. The molecule has 0 bridgehead atoms. The van der Waals surface area contributed by atoms with Gasteiger partial charge in [0.05, 0.1) is 0 Å². The Balaban J connectivity index is 1.52. The fourth-order valence-electron chi connectivity index (χ4n) is 9.47. The van der Waals surface area contributed by atoms with Crippen LogP contribution in [0.2, 0.25) is 0 Å². The van der Waals surface area contributed by atoms with Gasteiger partial charge in [0.2, 0.25) is 0 Å². The smallest absolute Gasteiger partial charge is 0.133 e. The number of Topliss-reactive ketones (excluding diaryl/α,β-unsaturated/α-hetero) is 1. The van der Waals surface area contributed by atoms with E-state index >= 15 is 0 Å². The zero-order valence-corrected chi connectivity index (χ0v) is 21.2. The van der Waals surface area contributed by atoms with Gasteiger partial charge < -0.3 is 0 Å². The third kappa shape index (κ3) is 3.35. The molecule has 0 aromatic heterocycles. The number of carbonyl (C=O) groups is 1. The van der Waals surface area contributed by atoms with Gasteiger partial charge in [-0.3, -0.25) is 4.79 Å². The number of carbonyl (C=O) groups excluding carboxylic acids is 1. The van der Waals surface area contributed by atoms with Crippen molar-refractivity contribution in [1.29, 1.82) is 0 Å². The van der Waals surface area contributed by atoms with Crippen molar-refractivity contribution in [2.45, 2.75) is 119 Å². The lowest BCUT2D eigenvalue weighted by atomic mass is 9.40. The summed E-state index contributed by atoms with van der Waals surface area (Å²) in [6, 6.07) is 0. The van der Waals surface area contributed by atoms with Gasteiger partial charge in [-0.05, 0) is 103 Å². The first kappa shape index (κ1) is 22.8. The van der Waals surface area contributed by atoms with E-state index in [2.05, 4.69) is 48.5 Å². The quantitative estimate of drug-likeness (QED) is 0.442. The molecule has 0 N–H and O–H groups in total. The Morgan fingerprint density at radius 1 is 0.833 bits per heavy atom. The fourth-order valence-corrected chi connectivity index (χ4v) is 9.47. The molecule has 0 aromatic carbocycles. The lowest BCUT2D eigenvalue weighted by molar-refractivity contribution is -0.162.